The molecule has 0 bridgehead atoms. The van der Waals surface area contributed by atoms with Crippen molar-refractivity contribution < 1.29 is 28.2 Å². The molecule has 0 saturated heterocycles. The molecule has 9 heteroatoms. The number of aliphatic hydroxyl groups excluding tert-OH is 1. The fourth-order valence-electron chi connectivity index (χ4n) is 1.20. The lowest BCUT2D eigenvalue weighted by Crippen LogP contribution is -2.41. The molecule has 0 heterocycles. The van der Waals surface area contributed by atoms with Crippen molar-refractivity contribution in [3.05, 3.63) is 30.3 Å². The van der Waals surface area contributed by atoms with Gasteiger partial charge in [0.2, 0.25) is 15.9 Å². The second kappa shape index (κ2) is 6.98. The maximum Gasteiger partial charge on any atom is 0.334 e. The number of nitrogens with one attached hydrogen (secondary N) is 2. The molecular weight excluding hydrogens is 288 g/mol. The first kappa shape index (κ1) is 16.1. The number of benzene rings is 1. The number of carboxylic acid groups (broad SMARTS) is 1. The highest BCUT2D eigenvalue weighted by atomic mass is 32.2. The van der Waals surface area contributed by atoms with Gasteiger partial charge >= 0.3 is 5.97 Å². The van der Waals surface area contributed by atoms with Gasteiger partial charge in [0.1, 0.15) is 0 Å². The van der Waals surface area contributed by atoms with Gasteiger partial charge in [-0.15, -0.1) is 0 Å². The van der Waals surface area contributed by atoms with Crippen LogP contribution in [0.3, 0.4) is 0 Å². The maximum atomic E-state index is 11.7. The van der Waals surface area contributed by atoms with Crippen LogP contribution >= 0.6 is 0 Å². The normalized spacial score (nSPS) is 12.7. The van der Waals surface area contributed by atoms with Crippen molar-refractivity contribution in [2.24, 2.45) is 0 Å². The molecular formula is C11H14N2O6S. The number of carboxylic acids is 1. The molecule has 1 unspecified atom stereocenters. The Hall–Kier alpha value is -1.97. The third kappa shape index (κ3) is 4.96. The molecule has 0 saturated carbocycles. The second-order valence-corrected chi connectivity index (χ2v) is 5.56. The number of aliphatic hydroxyl groups is 1. The minimum absolute atomic E-state index is 0.0124. The van der Waals surface area contributed by atoms with E-state index in [1.165, 1.54) is 24.3 Å². The van der Waals surface area contributed by atoms with E-state index in [-0.39, 0.29) is 4.90 Å². The summed E-state index contributed by atoms with van der Waals surface area (Å²) in [5, 5.41) is 19.4. The van der Waals surface area contributed by atoms with Gasteiger partial charge in [0.25, 0.3) is 0 Å². The Balaban J connectivity index is 2.47. The minimum atomic E-state index is -3.80. The average Bonchev–Trinajstić information content (AvgIpc) is 2.43. The summed E-state index contributed by atoms with van der Waals surface area (Å²) in [5.74, 6) is -2.22. The molecule has 1 atom stereocenters. The number of rotatable bonds is 7. The van der Waals surface area contributed by atoms with Crippen molar-refractivity contribution >= 4 is 21.9 Å². The Morgan fingerprint density at radius 1 is 1.20 bits per heavy atom. The lowest BCUT2D eigenvalue weighted by atomic mass is 10.3. The van der Waals surface area contributed by atoms with E-state index in [1.54, 1.807) is 6.07 Å². The summed E-state index contributed by atoms with van der Waals surface area (Å²) in [6, 6.07) is 7.47. The highest BCUT2D eigenvalue weighted by Crippen LogP contribution is 2.06. The minimum Gasteiger partial charge on any atom is -0.479 e. The Labute approximate surface area is 115 Å². The highest BCUT2D eigenvalue weighted by Gasteiger charge is 2.17. The Morgan fingerprint density at radius 2 is 1.80 bits per heavy atom. The average molecular weight is 302 g/mol. The first-order valence-electron chi connectivity index (χ1n) is 5.55. The number of aliphatic carboxylic acids is 1. The van der Waals surface area contributed by atoms with Crippen molar-refractivity contribution in [2.75, 3.05) is 13.1 Å². The van der Waals surface area contributed by atoms with E-state index in [1.807, 2.05) is 0 Å². The summed E-state index contributed by atoms with van der Waals surface area (Å²) in [6.07, 6.45) is -1.73. The first-order chi connectivity index (χ1) is 9.33. The third-order valence-corrected chi connectivity index (χ3v) is 3.67. The number of sulfonamides is 1. The van der Waals surface area contributed by atoms with E-state index in [0.717, 1.165) is 0 Å². The van der Waals surface area contributed by atoms with Gasteiger partial charge in [0.15, 0.2) is 6.10 Å². The van der Waals surface area contributed by atoms with Gasteiger partial charge in [-0.05, 0) is 12.1 Å². The molecule has 20 heavy (non-hydrogen) atoms. The van der Waals surface area contributed by atoms with Gasteiger partial charge in [-0.3, -0.25) is 4.79 Å². The predicted molar refractivity (Wildman–Crippen MR) is 68.3 cm³/mol. The molecule has 1 amide bonds. The fourth-order valence-corrected chi connectivity index (χ4v) is 2.21. The van der Waals surface area contributed by atoms with Crippen molar-refractivity contribution in [3.63, 3.8) is 0 Å². The topological polar surface area (TPSA) is 133 Å². The molecule has 1 rings (SSSR count). The lowest BCUT2D eigenvalue weighted by Gasteiger charge is -2.09. The van der Waals surface area contributed by atoms with Crippen molar-refractivity contribution in [1.29, 1.82) is 0 Å². The first-order valence-corrected chi connectivity index (χ1v) is 7.03. The largest absolute Gasteiger partial charge is 0.479 e. The van der Waals surface area contributed by atoms with Crippen LogP contribution in [-0.2, 0) is 19.6 Å². The Morgan fingerprint density at radius 3 is 2.35 bits per heavy atom. The van der Waals surface area contributed by atoms with E-state index in [4.69, 9.17) is 10.2 Å². The molecule has 0 fully saturated rings. The fraction of sp³-hybridized carbons (Fsp3) is 0.273. The van der Waals surface area contributed by atoms with Crippen LogP contribution in [-0.4, -0.2) is 49.7 Å². The third-order valence-electron chi connectivity index (χ3n) is 2.25. The summed E-state index contributed by atoms with van der Waals surface area (Å²) in [4.78, 5) is 21.6. The smallest absolute Gasteiger partial charge is 0.334 e. The zero-order valence-corrected chi connectivity index (χ0v) is 11.1. The van der Waals surface area contributed by atoms with Gasteiger partial charge in [-0.1, -0.05) is 18.2 Å². The van der Waals surface area contributed by atoms with Crippen molar-refractivity contribution in [2.45, 2.75) is 11.0 Å². The number of carbonyl (C=O) groups is 2. The molecule has 1 aromatic rings. The van der Waals surface area contributed by atoms with Crippen LogP contribution in [0.2, 0.25) is 0 Å². The molecule has 0 spiro atoms. The Kier molecular flexibility index (Phi) is 5.62. The summed E-state index contributed by atoms with van der Waals surface area (Å²) in [5.41, 5.74) is 0. The van der Waals surface area contributed by atoms with E-state index < -0.39 is 41.1 Å². The van der Waals surface area contributed by atoms with Crippen LogP contribution in [0.5, 0.6) is 0 Å². The molecule has 0 aliphatic rings. The summed E-state index contributed by atoms with van der Waals surface area (Å²) >= 11 is 0. The Bertz CT molecular complexity index is 572. The molecule has 8 nitrogen and oxygen atoms in total. The van der Waals surface area contributed by atoms with Crippen molar-refractivity contribution in [1.82, 2.24) is 10.0 Å². The van der Waals surface area contributed by atoms with Crippen LogP contribution in [0.25, 0.3) is 0 Å². The van der Waals surface area contributed by atoms with Gasteiger partial charge in [0, 0.05) is 0 Å². The molecule has 1 aromatic carbocycles. The number of hydrogen-bond acceptors (Lipinski definition) is 5. The highest BCUT2D eigenvalue weighted by molar-refractivity contribution is 7.89. The standard InChI is InChI=1S/C11H14N2O6S/c14-9(11(16)17)6-12-10(15)7-13-20(18,19)8-4-2-1-3-5-8/h1-5,9,13-14H,6-7H2,(H,12,15)(H,16,17). The summed E-state index contributed by atoms with van der Waals surface area (Å²) in [7, 11) is -3.80. The maximum absolute atomic E-state index is 11.7. The monoisotopic (exact) mass is 302 g/mol. The summed E-state index contributed by atoms with van der Waals surface area (Å²) in [6.45, 7) is -1.05. The zero-order valence-electron chi connectivity index (χ0n) is 10.3. The number of hydrogen-bond donors (Lipinski definition) is 4. The van der Waals surface area contributed by atoms with E-state index in [0.29, 0.717) is 0 Å². The molecule has 0 radical (unpaired) electrons. The number of carbonyl (C=O) groups excluding carboxylic acids is 1. The van der Waals surface area contributed by atoms with Crippen molar-refractivity contribution in [3.8, 4) is 0 Å². The molecule has 4 N–H and O–H groups in total. The molecule has 0 aromatic heterocycles. The van der Waals surface area contributed by atoms with Gasteiger partial charge in [0.05, 0.1) is 18.0 Å². The van der Waals surface area contributed by atoms with E-state index in [9.17, 15) is 18.0 Å². The second-order valence-electron chi connectivity index (χ2n) is 3.80. The molecule has 110 valence electrons. The van der Waals surface area contributed by atoms with Gasteiger partial charge in [-0.2, -0.15) is 0 Å². The van der Waals surface area contributed by atoms with Crippen LogP contribution in [0.1, 0.15) is 0 Å². The SMILES string of the molecule is O=C(CNS(=O)(=O)c1ccccc1)NCC(O)C(=O)O. The van der Waals surface area contributed by atoms with Crippen LogP contribution in [0.4, 0.5) is 0 Å². The van der Waals surface area contributed by atoms with E-state index >= 15 is 0 Å². The van der Waals surface area contributed by atoms with Crippen LogP contribution < -0.4 is 10.0 Å². The quantitative estimate of drug-likeness (QED) is 0.486. The lowest BCUT2D eigenvalue weighted by molar-refractivity contribution is -0.146. The summed E-state index contributed by atoms with van der Waals surface area (Å²) < 4.78 is 25.6. The predicted octanol–water partition coefficient (Wildman–Crippen LogP) is -1.47. The van der Waals surface area contributed by atoms with Crippen LogP contribution in [0.15, 0.2) is 35.2 Å². The number of amides is 1. The van der Waals surface area contributed by atoms with Gasteiger partial charge in [-0.25, -0.2) is 17.9 Å². The van der Waals surface area contributed by atoms with Crippen LogP contribution in [0, 0.1) is 0 Å². The molecule has 0 aliphatic carbocycles. The molecule has 0 aliphatic heterocycles. The van der Waals surface area contributed by atoms with Gasteiger partial charge < -0.3 is 15.5 Å². The van der Waals surface area contributed by atoms with E-state index in [2.05, 4.69) is 10.0 Å². The zero-order chi connectivity index (χ0) is 15.2.